The Kier molecular flexibility index (Phi) is 2.59. The lowest BCUT2D eigenvalue weighted by atomic mass is 9.96. The molecule has 0 aromatic carbocycles. The van der Waals surface area contributed by atoms with Crippen LogP contribution in [0.5, 0.6) is 0 Å². The van der Waals surface area contributed by atoms with Gasteiger partial charge in [0.25, 0.3) is 0 Å². The minimum atomic E-state index is -0.505. The molecule has 1 aromatic heterocycles. The second kappa shape index (κ2) is 3.50. The van der Waals surface area contributed by atoms with Crippen molar-refractivity contribution in [1.82, 2.24) is 4.98 Å². The normalized spacial score (nSPS) is 10.7. The van der Waals surface area contributed by atoms with Crippen LogP contribution < -0.4 is 0 Å². The fraction of sp³-hybridized carbons (Fsp3) is 0.400. The van der Waals surface area contributed by atoms with Crippen molar-refractivity contribution in [3.8, 4) is 0 Å². The number of aliphatic imine (C=N–C) groups is 1. The predicted octanol–water partition coefficient (Wildman–Crippen LogP) is 1.96. The van der Waals surface area contributed by atoms with E-state index < -0.39 is 5.54 Å². The lowest BCUT2D eigenvalue weighted by Crippen LogP contribution is -2.13. The van der Waals surface area contributed by atoms with E-state index in [9.17, 15) is 4.79 Å². The van der Waals surface area contributed by atoms with Gasteiger partial charge in [-0.05, 0) is 38.5 Å². The molecule has 1 aromatic rings. The van der Waals surface area contributed by atoms with E-state index in [1.54, 1.807) is 12.3 Å². The number of pyridine rings is 1. The first kappa shape index (κ1) is 9.62. The van der Waals surface area contributed by atoms with Crippen LogP contribution in [-0.4, -0.2) is 11.1 Å². The Morgan fingerprint density at radius 3 is 2.77 bits per heavy atom. The molecule has 0 aliphatic rings. The zero-order valence-corrected chi connectivity index (χ0v) is 8.03. The van der Waals surface area contributed by atoms with Gasteiger partial charge in [-0.15, -0.1) is 0 Å². The second-order valence-corrected chi connectivity index (χ2v) is 3.45. The van der Waals surface area contributed by atoms with Gasteiger partial charge in [0.1, 0.15) is 0 Å². The Morgan fingerprint density at radius 1 is 1.54 bits per heavy atom. The Hall–Kier alpha value is -1.47. The van der Waals surface area contributed by atoms with Crippen LogP contribution in [0.2, 0.25) is 0 Å². The van der Waals surface area contributed by atoms with Crippen molar-refractivity contribution >= 4 is 6.08 Å². The molecular formula is C10H12N2O. The maximum atomic E-state index is 10.2. The number of nitrogens with zero attached hydrogens (tertiary/aromatic N) is 2. The monoisotopic (exact) mass is 176 g/mol. The number of aryl methyl sites for hydroxylation is 1. The fourth-order valence-electron chi connectivity index (χ4n) is 1.10. The molecule has 0 aliphatic heterocycles. The molecule has 0 spiro atoms. The van der Waals surface area contributed by atoms with Crippen LogP contribution >= 0.6 is 0 Å². The molecule has 0 unspecified atom stereocenters. The Bertz CT molecular complexity index is 352. The van der Waals surface area contributed by atoms with Gasteiger partial charge in [0.2, 0.25) is 6.08 Å². The molecule has 0 atom stereocenters. The molecule has 1 heterocycles. The van der Waals surface area contributed by atoms with Gasteiger partial charge in [-0.3, -0.25) is 4.98 Å². The maximum Gasteiger partial charge on any atom is 0.235 e. The van der Waals surface area contributed by atoms with Crippen LogP contribution in [0.1, 0.15) is 25.1 Å². The SMILES string of the molecule is Cc1cc(C(C)(C)N=C=O)ccn1. The number of rotatable bonds is 2. The third-order valence-corrected chi connectivity index (χ3v) is 1.93. The summed E-state index contributed by atoms with van der Waals surface area (Å²) >= 11 is 0. The van der Waals surface area contributed by atoms with E-state index in [0.717, 1.165) is 11.3 Å². The molecule has 0 aliphatic carbocycles. The number of aromatic nitrogens is 1. The summed E-state index contributed by atoms with van der Waals surface area (Å²) in [6.45, 7) is 5.64. The maximum absolute atomic E-state index is 10.2. The average molecular weight is 176 g/mol. The van der Waals surface area contributed by atoms with Crippen molar-refractivity contribution in [3.05, 3.63) is 29.6 Å². The summed E-state index contributed by atoms with van der Waals surface area (Å²) in [6, 6.07) is 3.77. The predicted molar refractivity (Wildman–Crippen MR) is 50.1 cm³/mol. The largest absolute Gasteiger partial charge is 0.262 e. The van der Waals surface area contributed by atoms with E-state index >= 15 is 0 Å². The van der Waals surface area contributed by atoms with Crippen molar-refractivity contribution in [2.24, 2.45) is 4.99 Å². The van der Waals surface area contributed by atoms with Crippen molar-refractivity contribution in [2.45, 2.75) is 26.3 Å². The van der Waals surface area contributed by atoms with E-state index in [2.05, 4.69) is 9.98 Å². The highest BCUT2D eigenvalue weighted by atomic mass is 16.1. The van der Waals surface area contributed by atoms with Crippen LogP contribution in [0, 0.1) is 6.92 Å². The van der Waals surface area contributed by atoms with E-state index in [1.165, 1.54) is 0 Å². The molecule has 13 heavy (non-hydrogen) atoms. The summed E-state index contributed by atoms with van der Waals surface area (Å²) in [5.41, 5.74) is 1.39. The molecule has 0 N–H and O–H groups in total. The Morgan fingerprint density at radius 2 is 2.23 bits per heavy atom. The minimum absolute atomic E-state index is 0.505. The van der Waals surface area contributed by atoms with E-state index in [1.807, 2.05) is 32.9 Å². The molecule has 3 nitrogen and oxygen atoms in total. The van der Waals surface area contributed by atoms with Gasteiger partial charge in [0.05, 0.1) is 5.54 Å². The topological polar surface area (TPSA) is 42.3 Å². The highest BCUT2D eigenvalue weighted by molar-refractivity contribution is 5.37. The van der Waals surface area contributed by atoms with Crippen molar-refractivity contribution < 1.29 is 4.79 Å². The quantitative estimate of drug-likeness (QED) is 0.510. The Balaban J connectivity index is 3.13. The third-order valence-electron chi connectivity index (χ3n) is 1.93. The molecule has 0 bridgehead atoms. The zero-order chi connectivity index (χ0) is 9.90. The van der Waals surface area contributed by atoms with E-state index in [-0.39, 0.29) is 0 Å². The lowest BCUT2D eigenvalue weighted by molar-refractivity contribution is 0.522. The number of carbonyl (C=O) groups excluding carboxylic acids is 1. The molecular weight excluding hydrogens is 164 g/mol. The first-order chi connectivity index (χ1) is 6.06. The van der Waals surface area contributed by atoms with Crippen molar-refractivity contribution in [2.75, 3.05) is 0 Å². The summed E-state index contributed by atoms with van der Waals surface area (Å²) in [5, 5.41) is 0. The molecule has 3 heteroatoms. The van der Waals surface area contributed by atoms with Crippen LogP contribution in [-0.2, 0) is 10.3 Å². The van der Waals surface area contributed by atoms with Gasteiger partial charge in [-0.1, -0.05) is 0 Å². The summed E-state index contributed by atoms with van der Waals surface area (Å²) in [6.07, 6.45) is 3.30. The second-order valence-electron chi connectivity index (χ2n) is 3.45. The standard InChI is InChI=1S/C10H12N2O/c1-8-6-9(4-5-11-8)10(2,3)12-7-13/h4-6H,1-3H3. The summed E-state index contributed by atoms with van der Waals surface area (Å²) < 4.78 is 0. The number of hydrogen-bond acceptors (Lipinski definition) is 3. The molecule has 0 saturated carbocycles. The minimum Gasteiger partial charge on any atom is -0.262 e. The number of isocyanates is 1. The van der Waals surface area contributed by atoms with E-state index in [0.29, 0.717) is 0 Å². The zero-order valence-electron chi connectivity index (χ0n) is 8.03. The van der Waals surface area contributed by atoms with Crippen LogP contribution in [0.25, 0.3) is 0 Å². The van der Waals surface area contributed by atoms with Gasteiger partial charge in [0, 0.05) is 11.9 Å². The molecule has 0 saturated heterocycles. The van der Waals surface area contributed by atoms with Crippen molar-refractivity contribution in [3.63, 3.8) is 0 Å². The van der Waals surface area contributed by atoms with Crippen molar-refractivity contribution in [1.29, 1.82) is 0 Å². The van der Waals surface area contributed by atoms with Crippen LogP contribution in [0.4, 0.5) is 0 Å². The molecule has 68 valence electrons. The molecule has 0 fully saturated rings. The van der Waals surface area contributed by atoms with E-state index in [4.69, 9.17) is 0 Å². The first-order valence-electron chi connectivity index (χ1n) is 4.08. The summed E-state index contributed by atoms with van der Waals surface area (Å²) in [4.78, 5) is 18.0. The van der Waals surface area contributed by atoms with Gasteiger partial charge in [0.15, 0.2) is 0 Å². The first-order valence-corrected chi connectivity index (χ1v) is 4.08. The molecule has 1 rings (SSSR count). The highest BCUT2D eigenvalue weighted by Gasteiger charge is 2.18. The van der Waals surface area contributed by atoms with Gasteiger partial charge < -0.3 is 0 Å². The highest BCUT2D eigenvalue weighted by Crippen LogP contribution is 2.23. The molecule has 0 amide bonds. The lowest BCUT2D eigenvalue weighted by Gasteiger charge is -2.17. The molecule has 0 radical (unpaired) electrons. The van der Waals surface area contributed by atoms with Crippen LogP contribution in [0.15, 0.2) is 23.3 Å². The van der Waals surface area contributed by atoms with Gasteiger partial charge in [-0.2, -0.15) is 4.99 Å². The smallest absolute Gasteiger partial charge is 0.235 e. The van der Waals surface area contributed by atoms with Gasteiger partial charge >= 0.3 is 0 Å². The fourth-order valence-corrected chi connectivity index (χ4v) is 1.10. The number of hydrogen-bond donors (Lipinski definition) is 0. The van der Waals surface area contributed by atoms with Crippen LogP contribution in [0.3, 0.4) is 0 Å². The summed E-state index contributed by atoms with van der Waals surface area (Å²) in [7, 11) is 0. The summed E-state index contributed by atoms with van der Waals surface area (Å²) in [5.74, 6) is 0. The average Bonchev–Trinajstić information content (AvgIpc) is 2.04. The Labute approximate surface area is 77.5 Å². The van der Waals surface area contributed by atoms with Gasteiger partial charge in [-0.25, -0.2) is 4.79 Å². The third kappa shape index (κ3) is 2.23.